The number of hydrogen-bond acceptors (Lipinski definition) is 1. The predicted octanol–water partition coefficient (Wildman–Crippen LogP) is 2.53. The lowest BCUT2D eigenvalue weighted by Gasteiger charge is -2.24. The van der Waals surface area contributed by atoms with E-state index in [0.717, 1.165) is 18.4 Å². The van der Waals surface area contributed by atoms with Gasteiger partial charge in [0.15, 0.2) is 5.96 Å². The molecule has 0 aromatic carbocycles. The van der Waals surface area contributed by atoms with Crippen LogP contribution in [-0.4, -0.2) is 24.1 Å². The summed E-state index contributed by atoms with van der Waals surface area (Å²) in [6.07, 6.45) is 3.94. The lowest BCUT2D eigenvalue weighted by Crippen LogP contribution is -2.48. The first-order valence-electron chi connectivity index (χ1n) is 6.55. The van der Waals surface area contributed by atoms with Gasteiger partial charge in [-0.25, -0.2) is 0 Å². The van der Waals surface area contributed by atoms with Gasteiger partial charge in [-0.2, -0.15) is 0 Å². The summed E-state index contributed by atoms with van der Waals surface area (Å²) in [6, 6.07) is 0.653. The van der Waals surface area contributed by atoms with E-state index in [0.29, 0.717) is 6.04 Å². The zero-order valence-corrected chi connectivity index (χ0v) is 11.4. The molecule has 0 amide bonds. The topological polar surface area (TPSA) is 36.4 Å². The van der Waals surface area contributed by atoms with Crippen LogP contribution < -0.4 is 10.6 Å². The molecule has 1 fully saturated rings. The third kappa shape index (κ3) is 4.86. The zero-order valence-electron chi connectivity index (χ0n) is 11.4. The Hall–Kier alpha value is -0.730. The van der Waals surface area contributed by atoms with Crippen LogP contribution in [0.3, 0.4) is 0 Å². The van der Waals surface area contributed by atoms with Gasteiger partial charge in [0.05, 0.1) is 0 Å². The van der Waals surface area contributed by atoms with E-state index >= 15 is 0 Å². The fourth-order valence-electron chi connectivity index (χ4n) is 1.92. The quantitative estimate of drug-likeness (QED) is 0.570. The fourth-order valence-corrected chi connectivity index (χ4v) is 1.92. The SMILES string of the molecule is CCCC1CC1NC(=NCC)NC(C)(C)C. The molecule has 1 aliphatic carbocycles. The highest BCUT2D eigenvalue weighted by Gasteiger charge is 2.36. The van der Waals surface area contributed by atoms with E-state index in [1.165, 1.54) is 19.3 Å². The van der Waals surface area contributed by atoms with Gasteiger partial charge in [-0.15, -0.1) is 0 Å². The smallest absolute Gasteiger partial charge is 0.191 e. The largest absolute Gasteiger partial charge is 0.353 e. The van der Waals surface area contributed by atoms with Gasteiger partial charge in [-0.3, -0.25) is 4.99 Å². The van der Waals surface area contributed by atoms with Gasteiger partial charge in [0.2, 0.25) is 0 Å². The summed E-state index contributed by atoms with van der Waals surface area (Å²) >= 11 is 0. The van der Waals surface area contributed by atoms with Crippen molar-refractivity contribution in [1.29, 1.82) is 0 Å². The minimum absolute atomic E-state index is 0.0795. The first-order chi connectivity index (χ1) is 7.46. The molecule has 2 atom stereocenters. The molecule has 0 radical (unpaired) electrons. The molecule has 0 heterocycles. The van der Waals surface area contributed by atoms with Crippen molar-refractivity contribution in [2.24, 2.45) is 10.9 Å². The molecule has 94 valence electrons. The van der Waals surface area contributed by atoms with Crippen LogP contribution >= 0.6 is 0 Å². The first-order valence-corrected chi connectivity index (χ1v) is 6.55. The second kappa shape index (κ2) is 5.55. The molecular formula is C13H27N3. The van der Waals surface area contributed by atoms with E-state index in [1.54, 1.807) is 0 Å². The van der Waals surface area contributed by atoms with Gasteiger partial charge in [0.1, 0.15) is 0 Å². The van der Waals surface area contributed by atoms with Gasteiger partial charge in [0, 0.05) is 18.1 Å². The highest BCUT2D eigenvalue weighted by Crippen LogP contribution is 2.34. The van der Waals surface area contributed by atoms with Crippen LogP contribution in [0.4, 0.5) is 0 Å². The van der Waals surface area contributed by atoms with Crippen molar-refractivity contribution in [2.75, 3.05) is 6.54 Å². The van der Waals surface area contributed by atoms with Crippen molar-refractivity contribution in [2.45, 2.75) is 65.5 Å². The van der Waals surface area contributed by atoms with Crippen LogP contribution in [0.2, 0.25) is 0 Å². The van der Waals surface area contributed by atoms with Crippen LogP contribution in [0.1, 0.15) is 53.9 Å². The molecule has 0 aliphatic heterocycles. The average molecular weight is 225 g/mol. The van der Waals surface area contributed by atoms with Crippen molar-refractivity contribution in [3.05, 3.63) is 0 Å². The minimum atomic E-state index is 0.0795. The van der Waals surface area contributed by atoms with E-state index in [1.807, 2.05) is 0 Å². The molecule has 16 heavy (non-hydrogen) atoms. The molecule has 0 spiro atoms. The number of guanidine groups is 1. The van der Waals surface area contributed by atoms with Gasteiger partial charge < -0.3 is 10.6 Å². The molecule has 2 unspecified atom stereocenters. The molecule has 0 aromatic rings. The zero-order chi connectivity index (χ0) is 12.2. The Kier molecular flexibility index (Phi) is 4.63. The summed E-state index contributed by atoms with van der Waals surface area (Å²) < 4.78 is 0. The Morgan fingerprint density at radius 3 is 2.50 bits per heavy atom. The Bertz CT molecular complexity index is 240. The van der Waals surface area contributed by atoms with E-state index < -0.39 is 0 Å². The molecule has 3 heteroatoms. The lowest BCUT2D eigenvalue weighted by atomic mass is 10.1. The Morgan fingerprint density at radius 2 is 2.00 bits per heavy atom. The van der Waals surface area contributed by atoms with Gasteiger partial charge in [-0.05, 0) is 46.5 Å². The Balaban J connectivity index is 2.39. The number of hydrogen-bond donors (Lipinski definition) is 2. The highest BCUT2D eigenvalue weighted by molar-refractivity contribution is 5.81. The van der Waals surface area contributed by atoms with Crippen molar-refractivity contribution in [3.8, 4) is 0 Å². The summed E-state index contributed by atoms with van der Waals surface area (Å²) in [5.74, 6) is 1.84. The van der Waals surface area contributed by atoms with Crippen LogP contribution in [0.25, 0.3) is 0 Å². The number of nitrogens with one attached hydrogen (secondary N) is 2. The van der Waals surface area contributed by atoms with Gasteiger partial charge in [0.25, 0.3) is 0 Å². The first kappa shape index (κ1) is 13.3. The van der Waals surface area contributed by atoms with Crippen molar-refractivity contribution in [3.63, 3.8) is 0 Å². The van der Waals surface area contributed by atoms with E-state index in [-0.39, 0.29) is 5.54 Å². The minimum Gasteiger partial charge on any atom is -0.353 e. The van der Waals surface area contributed by atoms with Crippen molar-refractivity contribution >= 4 is 5.96 Å². The highest BCUT2D eigenvalue weighted by atomic mass is 15.2. The molecule has 0 bridgehead atoms. The predicted molar refractivity (Wildman–Crippen MR) is 70.8 cm³/mol. The standard InChI is InChI=1S/C13H27N3/c1-6-8-10-9-11(10)15-12(14-7-2)16-13(3,4)5/h10-11H,6-9H2,1-5H3,(H2,14,15,16). The summed E-state index contributed by atoms with van der Waals surface area (Å²) in [7, 11) is 0. The second-order valence-electron chi connectivity index (χ2n) is 5.73. The summed E-state index contributed by atoms with van der Waals surface area (Å²) in [6.45, 7) is 11.6. The maximum absolute atomic E-state index is 4.48. The third-order valence-electron chi connectivity index (χ3n) is 2.71. The second-order valence-corrected chi connectivity index (χ2v) is 5.73. The molecule has 3 nitrogen and oxygen atoms in total. The molecular weight excluding hydrogens is 198 g/mol. The maximum Gasteiger partial charge on any atom is 0.191 e. The van der Waals surface area contributed by atoms with Crippen molar-refractivity contribution in [1.82, 2.24) is 10.6 Å². The van der Waals surface area contributed by atoms with E-state index in [9.17, 15) is 0 Å². The third-order valence-corrected chi connectivity index (χ3v) is 2.71. The fraction of sp³-hybridized carbons (Fsp3) is 0.923. The van der Waals surface area contributed by atoms with Crippen LogP contribution in [-0.2, 0) is 0 Å². The lowest BCUT2D eigenvalue weighted by molar-refractivity contribution is 0.498. The number of rotatable bonds is 4. The number of aliphatic imine (C=N–C) groups is 1. The normalized spacial score (nSPS) is 25.4. The van der Waals surface area contributed by atoms with Gasteiger partial charge in [-0.1, -0.05) is 13.3 Å². The Labute approximate surface area is 100 Å². The van der Waals surface area contributed by atoms with Crippen LogP contribution in [0.15, 0.2) is 4.99 Å². The summed E-state index contributed by atoms with van der Waals surface area (Å²) in [5.41, 5.74) is 0.0795. The molecule has 0 saturated heterocycles. The Morgan fingerprint density at radius 1 is 1.31 bits per heavy atom. The average Bonchev–Trinajstić information content (AvgIpc) is 2.81. The molecule has 0 aromatic heterocycles. The van der Waals surface area contributed by atoms with Gasteiger partial charge >= 0.3 is 0 Å². The maximum atomic E-state index is 4.48. The molecule has 1 aliphatic rings. The number of nitrogens with zero attached hydrogens (tertiary/aromatic N) is 1. The molecule has 1 rings (SSSR count). The molecule has 2 N–H and O–H groups in total. The van der Waals surface area contributed by atoms with Crippen molar-refractivity contribution < 1.29 is 0 Å². The molecule has 1 saturated carbocycles. The summed E-state index contributed by atoms with van der Waals surface area (Å²) in [4.78, 5) is 4.48. The van der Waals surface area contributed by atoms with E-state index in [4.69, 9.17) is 0 Å². The van der Waals surface area contributed by atoms with Crippen LogP contribution in [0, 0.1) is 5.92 Å². The monoisotopic (exact) mass is 225 g/mol. The van der Waals surface area contributed by atoms with E-state index in [2.05, 4.69) is 50.2 Å². The summed E-state index contributed by atoms with van der Waals surface area (Å²) in [5, 5.41) is 6.95. The van der Waals surface area contributed by atoms with Crippen LogP contribution in [0.5, 0.6) is 0 Å².